The molecule has 0 heterocycles. The molecule has 2 nitrogen and oxygen atoms in total. The molecule has 3 heteroatoms. The Balaban J connectivity index is 1.65. The molecule has 0 spiro atoms. The van der Waals surface area contributed by atoms with Crippen LogP contribution in [0.1, 0.15) is 49.4 Å². The minimum absolute atomic E-state index is 0.168. The van der Waals surface area contributed by atoms with Gasteiger partial charge < -0.3 is 4.74 Å². The SMILES string of the molecule is CCC(C)(OC(=O)[C@H](C)CSC(c1ccccc1)(c1ccccc1)c1ccccc1)c1ccccc1. The molecule has 0 aromatic heterocycles. The van der Waals surface area contributed by atoms with Crippen LogP contribution in [0.4, 0.5) is 0 Å². The largest absolute Gasteiger partial charge is 0.454 e. The van der Waals surface area contributed by atoms with Crippen molar-refractivity contribution < 1.29 is 9.53 Å². The first kappa shape index (κ1) is 25.8. The predicted octanol–water partition coefficient (Wildman–Crippen LogP) is 8.22. The van der Waals surface area contributed by atoms with Crippen molar-refractivity contribution in [1.29, 1.82) is 0 Å². The lowest BCUT2D eigenvalue weighted by molar-refractivity contribution is -0.163. The molecule has 4 aromatic carbocycles. The van der Waals surface area contributed by atoms with Crippen LogP contribution in [0.5, 0.6) is 0 Å². The molecule has 0 bridgehead atoms. The average Bonchev–Trinajstić information content (AvgIpc) is 2.95. The first-order valence-corrected chi connectivity index (χ1v) is 13.6. The summed E-state index contributed by atoms with van der Waals surface area (Å²) in [5.41, 5.74) is 3.95. The summed E-state index contributed by atoms with van der Waals surface area (Å²) < 4.78 is 5.71. The van der Waals surface area contributed by atoms with Crippen molar-refractivity contribution in [3.8, 4) is 0 Å². The Labute approximate surface area is 219 Å². The quantitative estimate of drug-likeness (QED) is 0.164. The van der Waals surface area contributed by atoms with Gasteiger partial charge in [0.2, 0.25) is 0 Å². The second kappa shape index (κ2) is 11.6. The van der Waals surface area contributed by atoms with E-state index in [0.29, 0.717) is 12.2 Å². The molecule has 0 aliphatic carbocycles. The smallest absolute Gasteiger partial charge is 0.310 e. The molecule has 0 fully saturated rings. The lowest BCUT2D eigenvalue weighted by Crippen LogP contribution is -2.33. The highest BCUT2D eigenvalue weighted by atomic mass is 32.2. The predicted molar refractivity (Wildman–Crippen MR) is 151 cm³/mol. The third-order valence-electron chi connectivity index (χ3n) is 6.88. The van der Waals surface area contributed by atoms with Gasteiger partial charge in [0.25, 0.3) is 0 Å². The van der Waals surface area contributed by atoms with Crippen LogP contribution in [-0.2, 0) is 19.9 Å². The average molecular weight is 495 g/mol. The lowest BCUT2D eigenvalue weighted by Gasteiger charge is -2.36. The molecule has 0 saturated carbocycles. The molecule has 2 atom stereocenters. The van der Waals surface area contributed by atoms with Gasteiger partial charge in [0, 0.05) is 5.75 Å². The summed E-state index contributed by atoms with van der Waals surface area (Å²) in [6, 6.07) is 41.7. The second-order valence-electron chi connectivity index (χ2n) is 9.36. The number of hydrogen-bond acceptors (Lipinski definition) is 3. The summed E-state index contributed by atoms with van der Waals surface area (Å²) in [6.07, 6.45) is 0.713. The summed E-state index contributed by atoms with van der Waals surface area (Å²) in [4.78, 5) is 13.4. The van der Waals surface area contributed by atoms with Gasteiger partial charge in [0.15, 0.2) is 0 Å². The van der Waals surface area contributed by atoms with Crippen molar-refractivity contribution in [3.63, 3.8) is 0 Å². The first-order chi connectivity index (χ1) is 17.5. The first-order valence-electron chi connectivity index (χ1n) is 12.6. The van der Waals surface area contributed by atoms with Gasteiger partial charge >= 0.3 is 5.97 Å². The lowest BCUT2D eigenvalue weighted by atomic mass is 9.84. The Hall–Kier alpha value is -3.30. The maximum Gasteiger partial charge on any atom is 0.310 e. The molecule has 0 radical (unpaired) electrons. The van der Waals surface area contributed by atoms with Crippen LogP contribution < -0.4 is 0 Å². The van der Waals surface area contributed by atoms with Gasteiger partial charge in [0.05, 0.1) is 10.7 Å². The minimum atomic E-state index is -0.646. The van der Waals surface area contributed by atoms with E-state index in [1.54, 1.807) is 11.8 Å². The molecule has 0 aliphatic heterocycles. The van der Waals surface area contributed by atoms with E-state index in [1.807, 2.05) is 62.4 Å². The number of esters is 1. The van der Waals surface area contributed by atoms with Gasteiger partial charge in [-0.15, -0.1) is 11.8 Å². The summed E-state index contributed by atoms with van der Waals surface area (Å²) in [6.45, 7) is 6.04. The molecule has 0 aliphatic rings. The van der Waals surface area contributed by atoms with E-state index >= 15 is 0 Å². The Morgan fingerprint density at radius 2 is 1.06 bits per heavy atom. The maximum atomic E-state index is 13.4. The molecule has 36 heavy (non-hydrogen) atoms. The van der Waals surface area contributed by atoms with Gasteiger partial charge in [-0.05, 0) is 35.6 Å². The summed E-state index contributed by atoms with van der Waals surface area (Å²) in [7, 11) is 0. The molecule has 0 saturated heterocycles. The van der Waals surface area contributed by atoms with Crippen molar-refractivity contribution in [2.75, 3.05) is 5.75 Å². The van der Waals surface area contributed by atoms with Crippen LogP contribution in [0.15, 0.2) is 121 Å². The van der Waals surface area contributed by atoms with E-state index in [-0.39, 0.29) is 11.9 Å². The Kier molecular flexibility index (Phi) is 8.32. The Morgan fingerprint density at radius 3 is 1.42 bits per heavy atom. The van der Waals surface area contributed by atoms with Gasteiger partial charge in [-0.1, -0.05) is 135 Å². The zero-order valence-corrected chi connectivity index (χ0v) is 22.1. The molecule has 1 unspecified atom stereocenters. The number of hydrogen-bond donors (Lipinski definition) is 0. The number of ether oxygens (including phenoxy) is 1. The van der Waals surface area contributed by atoms with E-state index in [4.69, 9.17) is 4.74 Å². The zero-order valence-electron chi connectivity index (χ0n) is 21.3. The van der Waals surface area contributed by atoms with Crippen molar-refractivity contribution in [2.45, 2.75) is 37.5 Å². The van der Waals surface area contributed by atoms with Gasteiger partial charge in [-0.2, -0.15) is 0 Å². The van der Waals surface area contributed by atoms with E-state index in [0.717, 1.165) is 5.56 Å². The third-order valence-corrected chi connectivity index (χ3v) is 8.68. The standard InChI is InChI=1S/C33H34O2S/c1-4-32(3,27-17-9-5-10-18-27)35-31(34)26(2)25-36-33(28-19-11-6-12-20-28,29-21-13-7-14-22-29)30-23-15-8-16-24-30/h5-24,26H,4,25H2,1-3H3/t26-,32?/m1/s1. The summed E-state index contributed by atoms with van der Waals surface area (Å²) in [5.74, 6) is 0.172. The van der Waals surface area contributed by atoms with Crippen LogP contribution in [0.3, 0.4) is 0 Å². The third kappa shape index (κ3) is 5.42. The Bertz CT molecular complexity index is 1130. The number of carbonyl (C=O) groups is 1. The van der Waals surface area contributed by atoms with Crippen molar-refractivity contribution in [2.24, 2.45) is 5.92 Å². The monoisotopic (exact) mass is 494 g/mol. The molecule has 0 N–H and O–H groups in total. The molecular formula is C33H34O2S. The van der Waals surface area contributed by atoms with E-state index < -0.39 is 10.3 Å². The van der Waals surface area contributed by atoms with E-state index in [2.05, 4.69) is 79.7 Å². The fourth-order valence-electron chi connectivity index (χ4n) is 4.54. The molecule has 184 valence electrons. The van der Waals surface area contributed by atoms with Crippen molar-refractivity contribution in [1.82, 2.24) is 0 Å². The normalized spacial score (nSPS) is 14.0. The molecule has 4 rings (SSSR count). The highest BCUT2D eigenvalue weighted by molar-refractivity contribution is 8.00. The van der Waals surface area contributed by atoms with E-state index in [9.17, 15) is 4.79 Å². The van der Waals surface area contributed by atoms with Gasteiger partial charge in [-0.25, -0.2) is 0 Å². The number of thioether (sulfide) groups is 1. The van der Waals surface area contributed by atoms with Crippen molar-refractivity contribution in [3.05, 3.63) is 144 Å². The molecule has 4 aromatic rings. The van der Waals surface area contributed by atoms with Gasteiger partial charge in [-0.3, -0.25) is 4.79 Å². The highest BCUT2D eigenvalue weighted by Crippen LogP contribution is 2.49. The number of carbonyl (C=O) groups excluding carboxylic acids is 1. The highest BCUT2D eigenvalue weighted by Gasteiger charge is 2.38. The zero-order chi connectivity index (χ0) is 25.4. The number of rotatable bonds is 10. The summed E-state index contributed by atoms with van der Waals surface area (Å²) in [5, 5.41) is 0. The van der Waals surface area contributed by atoms with E-state index in [1.165, 1.54) is 16.7 Å². The summed E-state index contributed by atoms with van der Waals surface area (Å²) >= 11 is 1.79. The van der Waals surface area contributed by atoms with Crippen LogP contribution in [0, 0.1) is 5.92 Å². The van der Waals surface area contributed by atoms with Crippen LogP contribution in [-0.4, -0.2) is 11.7 Å². The van der Waals surface area contributed by atoms with Gasteiger partial charge in [0.1, 0.15) is 5.60 Å². The number of benzene rings is 4. The topological polar surface area (TPSA) is 26.3 Å². The fraction of sp³-hybridized carbons (Fsp3) is 0.242. The van der Waals surface area contributed by atoms with Crippen LogP contribution in [0.2, 0.25) is 0 Å². The second-order valence-corrected chi connectivity index (χ2v) is 10.6. The molecule has 0 amide bonds. The minimum Gasteiger partial charge on any atom is -0.454 e. The van der Waals surface area contributed by atoms with Crippen LogP contribution >= 0.6 is 11.8 Å². The fourth-order valence-corrected chi connectivity index (χ4v) is 6.08. The van der Waals surface area contributed by atoms with Crippen molar-refractivity contribution >= 4 is 17.7 Å². The maximum absolute atomic E-state index is 13.4. The Morgan fingerprint density at radius 1 is 0.694 bits per heavy atom. The molecular weight excluding hydrogens is 460 g/mol. The van der Waals surface area contributed by atoms with Crippen LogP contribution in [0.25, 0.3) is 0 Å².